The monoisotopic (exact) mass is 352 g/mol. The summed E-state index contributed by atoms with van der Waals surface area (Å²) >= 11 is 0. The number of hydrogen-bond acceptors (Lipinski definition) is 4. The Balaban J connectivity index is 1.37. The summed E-state index contributed by atoms with van der Waals surface area (Å²) in [5.74, 6) is 0.973. The van der Waals surface area contributed by atoms with Gasteiger partial charge in [0.1, 0.15) is 11.9 Å². The van der Waals surface area contributed by atoms with Gasteiger partial charge in [0.25, 0.3) is 5.56 Å². The summed E-state index contributed by atoms with van der Waals surface area (Å²) in [5, 5.41) is 1.17. The van der Waals surface area contributed by atoms with Crippen LogP contribution in [-0.2, 0) is 20.6 Å². The number of piperidine rings is 1. The predicted octanol–water partition coefficient (Wildman–Crippen LogP) is 2.32. The van der Waals surface area contributed by atoms with E-state index in [4.69, 9.17) is 4.74 Å². The molecule has 0 bridgehead atoms. The molecule has 0 amide bonds. The molecule has 1 fully saturated rings. The number of fused-ring (bicyclic) bond motifs is 1. The number of ether oxygens (including phenoxy) is 1. The fourth-order valence-electron chi connectivity index (χ4n) is 3.60. The third-order valence-electron chi connectivity index (χ3n) is 5.13. The van der Waals surface area contributed by atoms with Gasteiger partial charge in [-0.25, -0.2) is 0 Å². The van der Waals surface area contributed by atoms with Gasteiger partial charge in [0, 0.05) is 51.5 Å². The smallest absolute Gasteiger partial charge is 0.268 e. The van der Waals surface area contributed by atoms with Crippen molar-refractivity contribution in [2.75, 3.05) is 13.1 Å². The number of aryl methyl sites for hydroxylation is 2. The number of aromatic nitrogens is 3. The zero-order valence-corrected chi connectivity index (χ0v) is 15.3. The summed E-state index contributed by atoms with van der Waals surface area (Å²) < 4.78 is 10.0. The Morgan fingerprint density at radius 1 is 1.15 bits per heavy atom. The molecule has 1 saturated heterocycles. The summed E-state index contributed by atoms with van der Waals surface area (Å²) in [6.45, 7) is 2.72. The van der Waals surface area contributed by atoms with Crippen molar-refractivity contribution in [3.63, 3.8) is 0 Å². The predicted molar refractivity (Wildman–Crippen MR) is 101 cm³/mol. The summed E-state index contributed by atoms with van der Waals surface area (Å²) in [6, 6.07) is 8.34. The van der Waals surface area contributed by atoms with Crippen molar-refractivity contribution in [3.8, 4) is 5.75 Å². The van der Waals surface area contributed by atoms with Crippen molar-refractivity contribution in [3.05, 3.63) is 58.9 Å². The van der Waals surface area contributed by atoms with Crippen LogP contribution in [0.1, 0.15) is 18.5 Å². The molecule has 3 heterocycles. The zero-order chi connectivity index (χ0) is 18.1. The van der Waals surface area contributed by atoms with Crippen LogP contribution >= 0.6 is 0 Å². The van der Waals surface area contributed by atoms with Gasteiger partial charge in [-0.2, -0.15) is 0 Å². The van der Waals surface area contributed by atoms with Crippen molar-refractivity contribution in [1.29, 1.82) is 0 Å². The van der Waals surface area contributed by atoms with E-state index in [1.807, 2.05) is 6.20 Å². The Morgan fingerprint density at radius 3 is 2.73 bits per heavy atom. The van der Waals surface area contributed by atoms with Crippen LogP contribution in [0.3, 0.4) is 0 Å². The Labute approximate surface area is 152 Å². The van der Waals surface area contributed by atoms with E-state index in [0.717, 1.165) is 43.9 Å². The molecular weight excluding hydrogens is 328 g/mol. The molecule has 3 aromatic rings. The molecule has 0 atom stereocenters. The van der Waals surface area contributed by atoms with E-state index >= 15 is 0 Å². The van der Waals surface area contributed by atoms with Crippen molar-refractivity contribution in [2.45, 2.75) is 25.5 Å². The number of hydrogen-bond donors (Lipinski definition) is 0. The normalized spacial score (nSPS) is 16.2. The van der Waals surface area contributed by atoms with E-state index in [1.165, 1.54) is 17.1 Å². The Kier molecular flexibility index (Phi) is 4.51. The standard InChI is InChI=1S/C20H24N4O2/c1-22-9-8-17-18(22)4-3-5-19(17)26-16-6-10-24(11-7-16)14-15-13-23(2)20(25)12-21-15/h3-5,8-9,12-13,16H,6-7,10-11,14H2,1-2H3. The number of likely N-dealkylation sites (tertiary alicyclic amines) is 1. The van der Waals surface area contributed by atoms with Crippen molar-refractivity contribution in [1.82, 2.24) is 19.0 Å². The molecule has 6 nitrogen and oxygen atoms in total. The van der Waals surface area contributed by atoms with Gasteiger partial charge in [-0.3, -0.25) is 14.7 Å². The first-order valence-electron chi connectivity index (χ1n) is 9.05. The highest BCUT2D eigenvalue weighted by molar-refractivity contribution is 5.86. The first-order chi connectivity index (χ1) is 12.6. The highest BCUT2D eigenvalue weighted by Crippen LogP contribution is 2.28. The van der Waals surface area contributed by atoms with Crippen molar-refractivity contribution >= 4 is 10.9 Å². The van der Waals surface area contributed by atoms with E-state index in [2.05, 4.69) is 52.0 Å². The maximum absolute atomic E-state index is 11.4. The molecule has 1 aromatic carbocycles. The lowest BCUT2D eigenvalue weighted by Crippen LogP contribution is -2.38. The van der Waals surface area contributed by atoms with Gasteiger partial charge in [0.05, 0.1) is 17.4 Å². The lowest BCUT2D eigenvalue weighted by Gasteiger charge is -2.32. The molecule has 26 heavy (non-hydrogen) atoms. The SMILES string of the molecule is Cn1cc(CN2CCC(Oc3cccc4c3ccn4C)CC2)ncc1=O. The molecule has 6 heteroatoms. The quantitative estimate of drug-likeness (QED) is 0.723. The molecule has 4 rings (SSSR count). The second kappa shape index (κ2) is 6.96. The zero-order valence-electron chi connectivity index (χ0n) is 15.3. The maximum atomic E-state index is 11.4. The van der Waals surface area contributed by atoms with E-state index in [1.54, 1.807) is 11.6 Å². The summed E-state index contributed by atoms with van der Waals surface area (Å²) in [6.07, 6.45) is 7.52. The molecule has 0 saturated carbocycles. The first-order valence-corrected chi connectivity index (χ1v) is 9.05. The second-order valence-corrected chi connectivity index (χ2v) is 7.04. The van der Waals surface area contributed by atoms with E-state index < -0.39 is 0 Å². The summed E-state index contributed by atoms with van der Waals surface area (Å²) in [4.78, 5) is 18.1. The Morgan fingerprint density at radius 2 is 1.96 bits per heavy atom. The van der Waals surface area contributed by atoms with E-state index in [9.17, 15) is 4.79 Å². The minimum Gasteiger partial charge on any atom is -0.490 e. The molecule has 1 aliphatic rings. The molecule has 136 valence electrons. The topological polar surface area (TPSA) is 52.3 Å². The minimum absolute atomic E-state index is 0.0732. The van der Waals surface area contributed by atoms with Crippen molar-refractivity contribution < 1.29 is 4.74 Å². The Bertz CT molecular complexity index is 967. The molecule has 0 unspecified atom stereocenters. The second-order valence-electron chi connectivity index (χ2n) is 7.04. The molecule has 0 aliphatic carbocycles. The fraction of sp³-hybridized carbons (Fsp3) is 0.400. The van der Waals surface area contributed by atoms with Crippen LogP contribution in [-0.4, -0.2) is 38.2 Å². The van der Waals surface area contributed by atoms with Crippen molar-refractivity contribution in [2.24, 2.45) is 14.1 Å². The fourth-order valence-corrected chi connectivity index (χ4v) is 3.60. The van der Waals surface area contributed by atoms with Crippen LogP contribution in [0.4, 0.5) is 0 Å². The van der Waals surface area contributed by atoms with Gasteiger partial charge < -0.3 is 13.9 Å². The van der Waals surface area contributed by atoms with Gasteiger partial charge in [-0.15, -0.1) is 0 Å². The third kappa shape index (κ3) is 3.37. The van der Waals surface area contributed by atoms with E-state index in [0.29, 0.717) is 0 Å². The number of nitrogens with zero attached hydrogens (tertiary/aromatic N) is 4. The average molecular weight is 352 g/mol. The van der Waals surface area contributed by atoms with E-state index in [-0.39, 0.29) is 11.7 Å². The number of benzene rings is 1. The van der Waals surface area contributed by atoms with Gasteiger partial charge in [0.15, 0.2) is 0 Å². The Hall–Kier alpha value is -2.60. The molecule has 0 spiro atoms. The van der Waals surface area contributed by atoms with Gasteiger partial charge >= 0.3 is 0 Å². The van der Waals surface area contributed by atoms with Crippen LogP contribution in [0.25, 0.3) is 10.9 Å². The van der Waals surface area contributed by atoms with Gasteiger partial charge in [0.2, 0.25) is 0 Å². The third-order valence-corrected chi connectivity index (χ3v) is 5.13. The van der Waals surface area contributed by atoms with Gasteiger partial charge in [-0.1, -0.05) is 6.07 Å². The number of rotatable bonds is 4. The molecule has 2 aromatic heterocycles. The van der Waals surface area contributed by atoms with Gasteiger partial charge in [-0.05, 0) is 31.0 Å². The highest BCUT2D eigenvalue weighted by Gasteiger charge is 2.21. The summed E-state index contributed by atoms with van der Waals surface area (Å²) in [7, 11) is 3.82. The first kappa shape index (κ1) is 16.8. The largest absolute Gasteiger partial charge is 0.490 e. The van der Waals surface area contributed by atoms with Crippen LogP contribution in [0, 0.1) is 0 Å². The highest BCUT2D eigenvalue weighted by atomic mass is 16.5. The molecular formula is C20H24N4O2. The molecule has 0 N–H and O–H groups in total. The minimum atomic E-state index is -0.0732. The maximum Gasteiger partial charge on any atom is 0.268 e. The van der Waals surface area contributed by atoms with Crippen LogP contribution in [0.15, 0.2) is 47.7 Å². The van der Waals surface area contributed by atoms with Crippen LogP contribution in [0.2, 0.25) is 0 Å². The average Bonchev–Trinajstić information content (AvgIpc) is 3.02. The van der Waals surface area contributed by atoms with Crippen LogP contribution in [0.5, 0.6) is 5.75 Å². The van der Waals surface area contributed by atoms with Crippen LogP contribution < -0.4 is 10.3 Å². The molecule has 1 aliphatic heterocycles. The lowest BCUT2D eigenvalue weighted by atomic mass is 10.1. The summed E-state index contributed by atoms with van der Waals surface area (Å²) in [5.41, 5.74) is 2.05. The molecule has 0 radical (unpaired) electrons. The lowest BCUT2D eigenvalue weighted by molar-refractivity contribution is 0.0971.